The van der Waals surface area contributed by atoms with Gasteiger partial charge in [0.25, 0.3) is 5.69 Å². The van der Waals surface area contributed by atoms with Gasteiger partial charge in [-0.1, -0.05) is 18.5 Å². The van der Waals surface area contributed by atoms with Crippen molar-refractivity contribution in [1.29, 1.82) is 0 Å². The molecule has 1 N–H and O–H groups in total. The number of nitro groups is 1. The molecule has 1 heterocycles. The van der Waals surface area contributed by atoms with Crippen LogP contribution < -0.4 is 5.32 Å². The highest BCUT2D eigenvalue weighted by Crippen LogP contribution is 2.20. The molecule has 21 heavy (non-hydrogen) atoms. The molecule has 0 saturated heterocycles. The smallest absolute Gasteiger partial charge is 0.269 e. The molecule has 0 radical (unpaired) electrons. The van der Waals surface area contributed by atoms with Gasteiger partial charge >= 0.3 is 0 Å². The van der Waals surface area contributed by atoms with Gasteiger partial charge in [-0.2, -0.15) is 4.98 Å². The molecule has 0 spiro atoms. The minimum absolute atomic E-state index is 0.0423. The van der Waals surface area contributed by atoms with E-state index in [0.29, 0.717) is 29.7 Å². The van der Waals surface area contributed by atoms with Gasteiger partial charge in [0.15, 0.2) is 0 Å². The normalized spacial score (nSPS) is 12.3. The minimum Gasteiger partial charge on any atom is -0.339 e. The molecule has 0 aliphatic rings. The van der Waals surface area contributed by atoms with E-state index in [4.69, 9.17) is 4.52 Å². The van der Waals surface area contributed by atoms with Crippen LogP contribution in [0.3, 0.4) is 0 Å². The molecule has 0 bridgehead atoms. The third-order valence-electron chi connectivity index (χ3n) is 3.27. The van der Waals surface area contributed by atoms with Gasteiger partial charge in [0.1, 0.15) is 0 Å². The summed E-state index contributed by atoms with van der Waals surface area (Å²) in [5.74, 6) is 1.02. The largest absolute Gasteiger partial charge is 0.339 e. The summed E-state index contributed by atoms with van der Waals surface area (Å²) in [6.45, 7) is 2.13. The summed E-state index contributed by atoms with van der Waals surface area (Å²) < 4.78 is 5.24. The van der Waals surface area contributed by atoms with E-state index in [2.05, 4.69) is 22.4 Å². The van der Waals surface area contributed by atoms with E-state index >= 15 is 0 Å². The molecule has 112 valence electrons. The van der Waals surface area contributed by atoms with Crippen LogP contribution in [0.15, 0.2) is 28.8 Å². The van der Waals surface area contributed by atoms with Gasteiger partial charge in [0.05, 0.1) is 4.92 Å². The Labute approximate surface area is 122 Å². The Hall–Kier alpha value is -2.28. The highest BCUT2D eigenvalue weighted by molar-refractivity contribution is 5.56. The van der Waals surface area contributed by atoms with Crippen molar-refractivity contribution in [3.63, 3.8) is 0 Å². The van der Waals surface area contributed by atoms with Crippen LogP contribution >= 0.6 is 0 Å². The van der Waals surface area contributed by atoms with Crippen LogP contribution in [0.1, 0.15) is 25.7 Å². The monoisotopic (exact) mass is 290 g/mol. The van der Waals surface area contributed by atoms with Crippen molar-refractivity contribution in [2.45, 2.75) is 32.2 Å². The lowest BCUT2D eigenvalue weighted by molar-refractivity contribution is -0.384. The summed E-state index contributed by atoms with van der Waals surface area (Å²) in [7, 11) is 1.91. The first-order chi connectivity index (χ1) is 10.1. The number of non-ortho nitro benzene ring substituents is 1. The molecule has 0 fully saturated rings. The molecule has 7 heteroatoms. The van der Waals surface area contributed by atoms with E-state index in [0.717, 1.165) is 12.8 Å². The van der Waals surface area contributed by atoms with Crippen molar-refractivity contribution in [2.75, 3.05) is 7.05 Å². The van der Waals surface area contributed by atoms with Crippen molar-refractivity contribution < 1.29 is 9.45 Å². The minimum atomic E-state index is -0.437. The predicted molar refractivity (Wildman–Crippen MR) is 77.8 cm³/mol. The van der Waals surface area contributed by atoms with Gasteiger partial charge in [-0.05, 0) is 25.6 Å². The molecule has 1 aromatic carbocycles. The standard InChI is InChI=1S/C14H18N4O3/c1-3-4-11(15-2)9-13-16-14(17-21-13)10-5-7-12(8-6-10)18(19)20/h5-8,11,15H,3-4,9H2,1-2H3. The van der Waals surface area contributed by atoms with Crippen LogP contribution in [0.4, 0.5) is 5.69 Å². The Kier molecular flexibility index (Phi) is 4.99. The van der Waals surface area contributed by atoms with Crippen molar-refractivity contribution in [2.24, 2.45) is 0 Å². The first kappa shape index (κ1) is 15.1. The van der Waals surface area contributed by atoms with Gasteiger partial charge in [0, 0.05) is 30.2 Å². The first-order valence-electron chi connectivity index (χ1n) is 6.88. The number of nitrogens with one attached hydrogen (secondary N) is 1. The van der Waals surface area contributed by atoms with Gasteiger partial charge < -0.3 is 9.84 Å². The Balaban J connectivity index is 2.10. The van der Waals surface area contributed by atoms with Gasteiger partial charge in [-0.15, -0.1) is 0 Å². The van der Waals surface area contributed by atoms with Crippen molar-refractivity contribution in [3.8, 4) is 11.4 Å². The lowest BCUT2D eigenvalue weighted by atomic mass is 10.1. The molecule has 2 aromatic rings. The first-order valence-corrected chi connectivity index (χ1v) is 6.88. The maximum absolute atomic E-state index is 10.6. The second-order valence-electron chi connectivity index (χ2n) is 4.79. The fourth-order valence-corrected chi connectivity index (χ4v) is 2.09. The number of likely N-dealkylation sites (N-methyl/N-ethyl adjacent to an activating group) is 1. The lowest BCUT2D eigenvalue weighted by Crippen LogP contribution is -2.27. The quantitative estimate of drug-likeness (QED) is 0.622. The number of aromatic nitrogens is 2. The van der Waals surface area contributed by atoms with E-state index in [1.807, 2.05) is 7.05 Å². The molecule has 7 nitrogen and oxygen atoms in total. The van der Waals surface area contributed by atoms with Gasteiger partial charge in [0.2, 0.25) is 11.7 Å². The number of nitrogens with zero attached hydrogens (tertiary/aromatic N) is 3. The van der Waals surface area contributed by atoms with Crippen molar-refractivity contribution >= 4 is 5.69 Å². The maximum atomic E-state index is 10.6. The van der Waals surface area contributed by atoms with Crippen molar-refractivity contribution in [3.05, 3.63) is 40.3 Å². The van der Waals surface area contributed by atoms with E-state index in [1.54, 1.807) is 12.1 Å². The topological polar surface area (TPSA) is 94.1 Å². The molecule has 2 rings (SSSR count). The van der Waals surface area contributed by atoms with Crippen LogP contribution in [-0.4, -0.2) is 28.2 Å². The zero-order valence-electron chi connectivity index (χ0n) is 12.1. The zero-order chi connectivity index (χ0) is 15.2. The predicted octanol–water partition coefficient (Wildman–Crippen LogP) is 2.58. The molecular formula is C14H18N4O3. The highest BCUT2D eigenvalue weighted by Gasteiger charge is 2.14. The average Bonchev–Trinajstić information content (AvgIpc) is 2.95. The SMILES string of the molecule is CCCC(Cc1nc(-c2ccc([N+](=O)[O-])cc2)no1)NC. The van der Waals surface area contributed by atoms with E-state index in [9.17, 15) is 10.1 Å². The number of hydrogen-bond acceptors (Lipinski definition) is 6. The van der Waals surface area contributed by atoms with Crippen LogP contribution in [0, 0.1) is 10.1 Å². The van der Waals surface area contributed by atoms with Crippen molar-refractivity contribution in [1.82, 2.24) is 15.5 Å². The van der Waals surface area contributed by atoms with Crippen LogP contribution in [-0.2, 0) is 6.42 Å². The molecular weight excluding hydrogens is 272 g/mol. The van der Waals surface area contributed by atoms with E-state index in [1.165, 1.54) is 12.1 Å². The molecule has 0 aliphatic carbocycles. The summed E-state index contributed by atoms with van der Waals surface area (Å²) in [6, 6.07) is 6.40. The number of benzene rings is 1. The van der Waals surface area contributed by atoms with Gasteiger partial charge in [-0.3, -0.25) is 10.1 Å². The molecule has 0 amide bonds. The Morgan fingerprint density at radius 1 is 1.38 bits per heavy atom. The summed E-state index contributed by atoms with van der Waals surface area (Å²) in [6.07, 6.45) is 2.78. The third-order valence-corrected chi connectivity index (χ3v) is 3.27. The molecule has 1 aromatic heterocycles. The fourth-order valence-electron chi connectivity index (χ4n) is 2.09. The summed E-state index contributed by atoms with van der Waals surface area (Å²) in [5.41, 5.74) is 0.743. The summed E-state index contributed by atoms with van der Waals surface area (Å²) in [5, 5.41) is 17.8. The Morgan fingerprint density at radius 2 is 2.10 bits per heavy atom. The maximum Gasteiger partial charge on any atom is 0.269 e. The van der Waals surface area contributed by atoms with Crippen LogP contribution in [0.5, 0.6) is 0 Å². The third kappa shape index (κ3) is 3.85. The molecule has 0 aliphatic heterocycles. The molecule has 1 atom stereocenters. The number of nitro benzene ring substituents is 1. The summed E-state index contributed by atoms with van der Waals surface area (Å²) in [4.78, 5) is 14.5. The lowest BCUT2D eigenvalue weighted by Gasteiger charge is -2.11. The Morgan fingerprint density at radius 3 is 2.67 bits per heavy atom. The van der Waals surface area contributed by atoms with Gasteiger partial charge in [-0.25, -0.2) is 0 Å². The molecule has 0 saturated carbocycles. The molecule has 1 unspecified atom stereocenters. The number of rotatable bonds is 7. The van der Waals surface area contributed by atoms with Crippen LogP contribution in [0.2, 0.25) is 0 Å². The zero-order valence-corrected chi connectivity index (χ0v) is 12.1. The second-order valence-corrected chi connectivity index (χ2v) is 4.79. The second kappa shape index (κ2) is 6.94. The Bertz CT molecular complexity index is 595. The summed E-state index contributed by atoms with van der Waals surface area (Å²) >= 11 is 0. The average molecular weight is 290 g/mol. The van der Waals surface area contributed by atoms with E-state index < -0.39 is 4.92 Å². The van der Waals surface area contributed by atoms with E-state index in [-0.39, 0.29) is 5.69 Å². The van der Waals surface area contributed by atoms with Crippen LogP contribution in [0.25, 0.3) is 11.4 Å². The number of hydrogen-bond donors (Lipinski definition) is 1. The fraction of sp³-hybridized carbons (Fsp3) is 0.429. The highest BCUT2D eigenvalue weighted by atomic mass is 16.6.